The summed E-state index contributed by atoms with van der Waals surface area (Å²) in [4.78, 5) is 0. The molecule has 0 bridgehead atoms. The first-order chi connectivity index (χ1) is 5.17. The Morgan fingerprint density at radius 3 is 2.82 bits per heavy atom. The number of nitrogens with one attached hydrogen (secondary N) is 1. The van der Waals surface area contributed by atoms with E-state index >= 15 is 0 Å². The monoisotopic (exact) mass is 159 g/mol. The third kappa shape index (κ3) is 2.16. The van der Waals surface area contributed by atoms with E-state index in [-0.39, 0.29) is 6.04 Å². The Bertz CT molecular complexity index is 117. The van der Waals surface area contributed by atoms with E-state index in [1.807, 2.05) is 6.92 Å². The van der Waals surface area contributed by atoms with E-state index in [1.165, 1.54) is 0 Å². The molecule has 1 nitrogen and oxygen atoms in total. The van der Waals surface area contributed by atoms with Crippen molar-refractivity contribution in [3.8, 4) is 0 Å². The summed E-state index contributed by atoms with van der Waals surface area (Å²) >= 11 is 0. The number of alkyl halides is 1. The van der Waals surface area contributed by atoms with Crippen LogP contribution in [0, 0.1) is 0 Å². The van der Waals surface area contributed by atoms with Crippen LogP contribution in [0.15, 0.2) is 0 Å². The van der Waals surface area contributed by atoms with E-state index in [4.69, 9.17) is 0 Å². The fourth-order valence-corrected chi connectivity index (χ4v) is 1.86. The zero-order valence-electron chi connectivity index (χ0n) is 7.49. The maximum atomic E-state index is 13.7. The van der Waals surface area contributed by atoms with Crippen molar-refractivity contribution in [2.45, 2.75) is 51.2 Å². The average molecular weight is 159 g/mol. The van der Waals surface area contributed by atoms with E-state index in [1.54, 1.807) is 6.92 Å². The van der Waals surface area contributed by atoms with Crippen molar-refractivity contribution >= 4 is 0 Å². The molecular formula is C9H18FN. The molecule has 1 fully saturated rings. The van der Waals surface area contributed by atoms with Gasteiger partial charge >= 0.3 is 0 Å². The van der Waals surface area contributed by atoms with Gasteiger partial charge in [0.25, 0.3) is 0 Å². The van der Waals surface area contributed by atoms with Gasteiger partial charge in [0, 0.05) is 6.04 Å². The highest BCUT2D eigenvalue weighted by Crippen LogP contribution is 2.27. The third-order valence-corrected chi connectivity index (χ3v) is 2.53. The average Bonchev–Trinajstić information content (AvgIpc) is 2.37. The van der Waals surface area contributed by atoms with Crippen LogP contribution in [-0.2, 0) is 0 Å². The largest absolute Gasteiger partial charge is 0.311 e. The maximum Gasteiger partial charge on any atom is 0.123 e. The molecule has 0 aromatic carbocycles. The molecule has 0 saturated carbocycles. The Kier molecular flexibility index (Phi) is 2.88. The minimum absolute atomic E-state index is 0.113. The van der Waals surface area contributed by atoms with E-state index in [0.717, 1.165) is 25.8 Å². The van der Waals surface area contributed by atoms with Gasteiger partial charge in [-0.05, 0) is 32.7 Å². The summed E-state index contributed by atoms with van der Waals surface area (Å²) in [5.41, 5.74) is -0.981. The van der Waals surface area contributed by atoms with E-state index in [0.29, 0.717) is 6.42 Å². The summed E-state index contributed by atoms with van der Waals surface area (Å²) in [7, 11) is 0. The number of hydrogen-bond donors (Lipinski definition) is 1. The van der Waals surface area contributed by atoms with Crippen LogP contribution >= 0.6 is 0 Å². The van der Waals surface area contributed by atoms with Crippen molar-refractivity contribution < 1.29 is 4.39 Å². The molecule has 1 aliphatic rings. The van der Waals surface area contributed by atoms with Gasteiger partial charge in [-0.3, -0.25) is 0 Å². The molecule has 11 heavy (non-hydrogen) atoms. The summed E-state index contributed by atoms with van der Waals surface area (Å²) in [6.45, 7) is 4.75. The lowest BCUT2D eigenvalue weighted by Crippen LogP contribution is -2.41. The molecule has 0 aromatic heterocycles. The van der Waals surface area contributed by atoms with Crippen molar-refractivity contribution in [3.05, 3.63) is 0 Å². The number of rotatable bonds is 3. The van der Waals surface area contributed by atoms with Crippen LogP contribution in [0.3, 0.4) is 0 Å². The fourth-order valence-electron chi connectivity index (χ4n) is 1.86. The van der Waals surface area contributed by atoms with Gasteiger partial charge in [0.15, 0.2) is 0 Å². The van der Waals surface area contributed by atoms with Gasteiger partial charge in [0.2, 0.25) is 0 Å². The molecule has 0 amide bonds. The number of hydrogen-bond acceptors (Lipinski definition) is 1. The predicted molar refractivity (Wildman–Crippen MR) is 45.4 cm³/mol. The highest BCUT2D eigenvalue weighted by Gasteiger charge is 2.34. The van der Waals surface area contributed by atoms with E-state index in [2.05, 4.69) is 5.32 Å². The molecular weight excluding hydrogens is 141 g/mol. The first-order valence-corrected chi connectivity index (χ1v) is 4.59. The van der Waals surface area contributed by atoms with Crippen molar-refractivity contribution in [3.63, 3.8) is 0 Å². The molecule has 2 atom stereocenters. The van der Waals surface area contributed by atoms with Crippen LogP contribution < -0.4 is 5.32 Å². The second-order valence-corrected chi connectivity index (χ2v) is 3.68. The van der Waals surface area contributed by atoms with Crippen molar-refractivity contribution in [2.75, 3.05) is 6.54 Å². The fraction of sp³-hybridized carbons (Fsp3) is 1.00. The van der Waals surface area contributed by atoms with Gasteiger partial charge < -0.3 is 5.32 Å². The molecule has 1 aliphatic heterocycles. The minimum atomic E-state index is -0.981. The first-order valence-electron chi connectivity index (χ1n) is 4.59. The highest BCUT2D eigenvalue weighted by atomic mass is 19.1. The molecule has 1 heterocycles. The van der Waals surface area contributed by atoms with Crippen LogP contribution in [0.1, 0.15) is 39.5 Å². The molecule has 0 aromatic rings. The quantitative estimate of drug-likeness (QED) is 0.666. The normalized spacial score (nSPS) is 30.3. The van der Waals surface area contributed by atoms with E-state index < -0.39 is 5.67 Å². The second kappa shape index (κ2) is 3.53. The summed E-state index contributed by atoms with van der Waals surface area (Å²) in [5.74, 6) is 0. The molecule has 66 valence electrons. The molecule has 2 unspecified atom stereocenters. The lowest BCUT2D eigenvalue weighted by Gasteiger charge is -2.26. The van der Waals surface area contributed by atoms with Crippen LogP contribution in [-0.4, -0.2) is 18.3 Å². The van der Waals surface area contributed by atoms with E-state index in [9.17, 15) is 4.39 Å². The Labute approximate surface area is 68.4 Å². The van der Waals surface area contributed by atoms with Crippen LogP contribution in [0.5, 0.6) is 0 Å². The second-order valence-electron chi connectivity index (χ2n) is 3.68. The van der Waals surface area contributed by atoms with Crippen molar-refractivity contribution in [1.82, 2.24) is 5.32 Å². The van der Waals surface area contributed by atoms with Crippen molar-refractivity contribution in [1.29, 1.82) is 0 Å². The highest BCUT2D eigenvalue weighted by molar-refractivity contribution is 4.91. The SMILES string of the molecule is CCCC(C)(F)C1CCCN1. The van der Waals surface area contributed by atoms with Gasteiger partial charge in [-0.25, -0.2) is 4.39 Å². The molecule has 1 saturated heterocycles. The molecule has 1 N–H and O–H groups in total. The van der Waals surface area contributed by atoms with Crippen LogP contribution in [0.4, 0.5) is 4.39 Å². The van der Waals surface area contributed by atoms with Gasteiger partial charge in [0.1, 0.15) is 5.67 Å². The summed E-state index contributed by atoms with van der Waals surface area (Å²) in [6.07, 6.45) is 3.76. The zero-order chi connectivity index (χ0) is 8.32. The van der Waals surface area contributed by atoms with Crippen LogP contribution in [0.2, 0.25) is 0 Å². The molecule has 0 radical (unpaired) electrons. The van der Waals surface area contributed by atoms with Gasteiger partial charge in [-0.2, -0.15) is 0 Å². The maximum absolute atomic E-state index is 13.7. The predicted octanol–water partition coefficient (Wildman–Crippen LogP) is 2.27. The minimum Gasteiger partial charge on any atom is -0.311 e. The standard InChI is InChI=1S/C9H18FN/c1-3-6-9(2,10)8-5-4-7-11-8/h8,11H,3-7H2,1-2H3. The third-order valence-electron chi connectivity index (χ3n) is 2.53. The lowest BCUT2D eigenvalue weighted by molar-refractivity contribution is 0.124. The van der Waals surface area contributed by atoms with Gasteiger partial charge in [-0.1, -0.05) is 13.3 Å². The smallest absolute Gasteiger partial charge is 0.123 e. The Hall–Kier alpha value is -0.110. The van der Waals surface area contributed by atoms with Crippen molar-refractivity contribution in [2.24, 2.45) is 0 Å². The Morgan fingerprint density at radius 2 is 2.36 bits per heavy atom. The summed E-state index contributed by atoms with van der Waals surface area (Å²) in [5, 5.41) is 3.21. The van der Waals surface area contributed by atoms with Gasteiger partial charge in [-0.15, -0.1) is 0 Å². The Morgan fingerprint density at radius 1 is 1.64 bits per heavy atom. The topological polar surface area (TPSA) is 12.0 Å². The molecule has 0 aliphatic carbocycles. The Balaban J connectivity index is 2.41. The lowest BCUT2D eigenvalue weighted by atomic mass is 9.92. The summed E-state index contributed by atoms with van der Waals surface area (Å²) in [6, 6.07) is 0.113. The zero-order valence-corrected chi connectivity index (χ0v) is 7.49. The van der Waals surface area contributed by atoms with Crippen LogP contribution in [0.25, 0.3) is 0 Å². The molecule has 2 heteroatoms. The molecule has 1 rings (SSSR count). The summed E-state index contributed by atoms with van der Waals surface area (Å²) < 4.78 is 13.7. The van der Waals surface area contributed by atoms with Gasteiger partial charge in [0.05, 0.1) is 0 Å². The first kappa shape index (κ1) is 8.98. The molecule has 0 spiro atoms. The number of halogens is 1.